The molecule has 0 aliphatic heterocycles. The molecule has 1 N–H and O–H groups in total. The van der Waals surface area contributed by atoms with E-state index in [1.807, 2.05) is 79.7 Å². The highest BCUT2D eigenvalue weighted by Gasteiger charge is 2.37. The molecule has 4 nitrogen and oxygen atoms in total. The number of hydrogen-bond acceptors (Lipinski definition) is 4. The van der Waals surface area contributed by atoms with E-state index in [0.717, 1.165) is 11.1 Å². The van der Waals surface area contributed by atoms with Crippen molar-refractivity contribution in [1.29, 1.82) is 0 Å². The number of benzene rings is 2. The van der Waals surface area contributed by atoms with Crippen LogP contribution in [0.2, 0.25) is 0 Å². The number of nitrogens with one attached hydrogen (secondary N) is 1. The second kappa shape index (κ2) is 8.91. The van der Waals surface area contributed by atoms with Gasteiger partial charge < -0.3 is 4.52 Å². The molecule has 3 aromatic rings. The fourth-order valence-electron chi connectivity index (χ4n) is 2.91. The minimum atomic E-state index is -3.19. The van der Waals surface area contributed by atoms with Crippen LogP contribution < -0.4 is 10.6 Å². The van der Waals surface area contributed by atoms with Gasteiger partial charge in [-0.05, 0) is 36.2 Å². The Kier molecular flexibility index (Phi) is 6.35. The van der Waals surface area contributed by atoms with E-state index in [2.05, 4.69) is 10.3 Å². The molecule has 134 valence electrons. The Hall–Kier alpha value is -2.26. The number of rotatable bonds is 8. The van der Waals surface area contributed by atoms with E-state index in [4.69, 9.17) is 4.52 Å². The van der Waals surface area contributed by atoms with Crippen molar-refractivity contribution in [3.05, 3.63) is 96.3 Å². The highest BCUT2D eigenvalue weighted by atomic mass is 31.2. The molecule has 26 heavy (non-hydrogen) atoms. The number of pyridine rings is 1. The van der Waals surface area contributed by atoms with E-state index in [-0.39, 0.29) is 0 Å². The fraction of sp³-hybridized carbons (Fsp3) is 0.190. The van der Waals surface area contributed by atoms with Gasteiger partial charge >= 0.3 is 0 Å². The topological polar surface area (TPSA) is 51.2 Å². The van der Waals surface area contributed by atoms with Crippen LogP contribution in [0.25, 0.3) is 0 Å². The van der Waals surface area contributed by atoms with Crippen molar-refractivity contribution in [2.24, 2.45) is 0 Å². The van der Waals surface area contributed by atoms with Crippen molar-refractivity contribution < 1.29 is 9.09 Å². The van der Waals surface area contributed by atoms with Gasteiger partial charge in [0, 0.05) is 24.2 Å². The molecule has 1 aromatic heterocycles. The van der Waals surface area contributed by atoms with E-state index in [1.54, 1.807) is 12.4 Å². The lowest BCUT2D eigenvalue weighted by atomic mass is 10.2. The first kappa shape index (κ1) is 18.5. The van der Waals surface area contributed by atoms with E-state index < -0.39 is 13.2 Å². The largest absolute Gasteiger partial charge is 0.324 e. The monoisotopic (exact) mass is 366 g/mol. The van der Waals surface area contributed by atoms with E-state index in [0.29, 0.717) is 18.5 Å². The van der Waals surface area contributed by atoms with Gasteiger partial charge in [-0.3, -0.25) is 14.9 Å². The summed E-state index contributed by atoms with van der Waals surface area (Å²) in [5.41, 5.74) is 1.97. The third-order valence-corrected chi connectivity index (χ3v) is 6.94. The first-order chi connectivity index (χ1) is 12.7. The van der Waals surface area contributed by atoms with Crippen LogP contribution in [-0.2, 0) is 15.6 Å². The van der Waals surface area contributed by atoms with Crippen molar-refractivity contribution in [2.75, 3.05) is 6.61 Å². The third-order valence-electron chi connectivity index (χ3n) is 4.12. The summed E-state index contributed by atoms with van der Waals surface area (Å²) < 4.78 is 19.9. The highest BCUT2D eigenvalue weighted by Crippen LogP contribution is 2.57. The van der Waals surface area contributed by atoms with E-state index in [1.165, 1.54) is 0 Å². The SMILES string of the molecule is CCOP(=O)(c1ccccc1)C(NCc1ccccc1)c1cccnc1. The third kappa shape index (κ3) is 4.28. The van der Waals surface area contributed by atoms with Crippen LogP contribution in [0.15, 0.2) is 85.2 Å². The molecule has 2 atom stereocenters. The lowest BCUT2D eigenvalue weighted by Crippen LogP contribution is -2.26. The molecule has 0 aliphatic rings. The Morgan fingerprint density at radius 3 is 2.31 bits per heavy atom. The van der Waals surface area contributed by atoms with Crippen molar-refractivity contribution in [2.45, 2.75) is 19.3 Å². The Morgan fingerprint density at radius 2 is 1.69 bits per heavy atom. The number of aromatic nitrogens is 1. The summed E-state index contributed by atoms with van der Waals surface area (Å²) in [6, 6.07) is 23.3. The quantitative estimate of drug-likeness (QED) is 0.596. The van der Waals surface area contributed by atoms with Crippen LogP contribution in [0.4, 0.5) is 0 Å². The lowest BCUT2D eigenvalue weighted by Gasteiger charge is -2.28. The first-order valence-corrected chi connectivity index (χ1v) is 10.4. The van der Waals surface area contributed by atoms with Crippen LogP contribution in [0.3, 0.4) is 0 Å². The average Bonchev–Trinajstić information content (AvgIpc) is 2.70. The van der Waals surface area contributed by atoms with Crippen molar-refractivity contribution in [3.8, 4) is 0 Å². The smallest absolute Gasteiger partial charge is 0.252 e. The molecule has 0 saturated carbocycles. The molecule has 2 aromatic carbocycles. The normalized spacial score (nSPS) is 14.5. The van der Waals surface area contributed by atoms with Gasteiger partial charge in [0.2, 0.25) is 0 Å². The van der Waals surface area contributed by atoms with Gasteiger partial charge in [0.25, 0.3) is 7.37 Å². The molecule has 0 saturated heterocycles. The summed E-state index contributed by atoms with van der Waals surface area (Å²) in [6.07, 6.45) is 3.46. The minimum absolute atomic E-state index is 0.371. The summed E-state index contributed by atoms with van der Waals surface area (Å²) in [6.45, 7) is 2.83. The van der Waals surface area contributed by atoms with Gasteiger partial charge in [0.15, 0.2) is 0 Å². The lowest BCUT2D eigenvalue weighted by molar-refractivity contribution is 0.327. The maximum atomic E-state index is 14.0. The molecule has 3 rings (SSSR count). The molecule has 0 radical (unpaired) electrons. The summed E-state index contributed by atoms with van der Waals surface area (Å²) >= 11 is 0. The Balaban J connectivity index is 1.99. The van der Waals surface area contributed by atoms with Crippen molar-refractivity contribution in [3.63, 3.8) is 0 Å². The zero-order chi connectivity index (χ0) is 18.2. The average molecular weight is 366 g/mol. The molecule has 0 amide bonds. The second-order valence-corrected chi connectivity index (χ2v) is 8.39. The van der Waals surface area contributed by atoms with E-state index in [9.17, 15) is 4.57 Å². The molecular formula is C21H23N2O2P. The standard InChI is InChI=1S/C21H23N2O2P/c1-2-25-26(24,20-13-7-4-8-14-20)21(19-12-9-15-22-17-19)23-16-18-10-5-3-6-11-18/h3-15,17,21,23H,2,16H2,1H3. The van der Waals surface area contributed by atoms with E-state index >= 15 is 0 Å². The fourth-order valence-corrected chi connectivity index (χ4v) is 5.35. The maximum Gasteiger partial charge on any atom is 0.252 e. The highest BCUT2D eigenvalue weighted by molar-refractivity contribution is 7.67. The Morgan fingerprint density at radius 1 is 1.00 bits per heavy atom. The Bertz CT molecular complexity index is 842. The first-order valence-electron chi connectivity index (χ1n) is 8.71. The summed E-state index contributed by atoms with van der Waals surface area (Å²) in [5, 5.41) is 4.15. The predicted octanol–water partition coefficient (Wildman–Crippen LogP) is 4.51. The van der Waals surface area contributed by atoms with Crippen LogP contribution in [0, 0.1) is 0 Å². The van der Waals surface area contributed by atoms with Crippen LogP contribution in [0.5, 0.6) is 0 Å². The van der Waals surface area contributed by atoms with Gasteiger partial charge in [-0.2, -0.15) is 0 Å². The summed E-state index contributed by atoms with van der Waals surface area (Å²) in [7, 11) is -3.19. The van der Waals surface area contributed by atoms with Gasteiger partial charge in [-0.1, -0.05) is 54.6 Å². The van der Waals surface area contributed by atoms with Crippen LogP contribution >= 0.6 is 7.37 Å². The minimum Gasteiger partial charge on any atom is -0.324 e. The molecule has 1 heterocycles. The zero-order valence-corrected chi connectivity index (χ0v) is 15.7. The Labute approximate surface area is 154 Å². The zero-order valence-electron chi connectivity index (χ0n) is 14.8. The van der Waals surface area contributed by atoms with Gasteiger partial charge in [0.05, 0.1) is 6.61 Å². The van der Waals surface area contributed by atoms with Crippen molar-refractivity contribution >= 4 is 12.7 Å². The summed E-state index contributed by atoms with van der Waals surface area (Å²) in [5.74, 6) is -0.473. The van der Waals surface area contributed by atoms with Crippen molar-refractivity contribution in [1.82, 2.24) is 10.3 Å². The van der Waals surface area contributed by atoms with Gasteiger partial charge in [0.1, 0.15) is 5.78 Å². The predicted molar refractivity (Wildman–Crippen MR) is 106 cm³/mol. The maximum absolute atomic E-state index is 14.0. The van der Waals surface area contributed by atoms with Gasteiger partial charge in [-0.15, -0.1) is 0 Å². The molecule has 0 bridgehead atoms. The molecule has 0 fully saturated rings. The number of nitrogens with zero attached hydrogens (tertiary/aromatic N) is 1. The van der Waals surface area contributed by atoms with Gasteiger partial charge in [-0.25, -0.2) is 0 Å². The number of hydrogen-bond donors (Lipinski definition) is 1. The molecule has 2 unspecified atom stereocenters. The summed E-state index contributed by atoms with van der Waals surface area (Å²) in [4.78, 5) is 4.21. The molecule has 5 heteroatoms. The van der Waals surface area contributed by atoms with Crippen LogP contribution in [-0.4, -0.2) is 11.6 Å². The second-order valence-electron chi connectivity index (χ2n) is 5.91. The molecular weight excluding hydrogens is 343 g/mol. The van der Waals surface area contributed by atoms with Crippen LogP contribution in [0.1, 0.15) is 23.8 Å². The molecule has 0 aliphatic carbocycles. The molecule has 0 spiro atoms.